The number of nitrogens with one attached hydrogen (secondary N) is 1. The Morgan fingerprint density at radius 1 is 1.00 bits per heavy atom. The molecule has 0 saturated carbocycles. The first-order valence-electron chi connectivity index (χ1n) is 9.75. The highest BCUT2D eigenvalue weighted by molar-refractivity contribution is 7.92. The van der Waals surface area contributed by atoms with Crippen molar-refractivity contribution in [2.75, 3.05) is 4.72 Å². The van der Waals surface area contributed by atoms with Gasteiger partial charge in [0.2, 0.25) is 5.91 Å². The number of sulfonamides is 1. The smallest absolute Gasteiger partial charge is 0.261 e. The zero-order valence-corrected chi connectivity index (χ0v) is 19.3. The Balaban J connectivity index is 1.55. The highest BCUT2D eigenvalue weighted by atomic mass is 35.5. The van der Waals surface area contributed by atoms with Crippen molar-refractivity contribution < 1.29 is 13.2 Å². The summed E-state index contributed by atoms with van der Waals surface area (Å²) in [6, 6.07) is 20.0. The van der Waals surface area contributed by atoms with Gasteiger partial charge in [-0.25, -0.2) is 13.4 Å². The lowest BCUT2D eigenvalue weighted by molar-refractivity contribution is -0.130. The molecule has 1 N–H and O–H groups in total. The van der Waals surface area contributed by atoms with Crippen molar-refractivity contribution in [3.8, 4) is 0 Å². The highest BCUT2D eigenvalue weighted by Gasteiger charge is 2.31. The minimum Gasteiger partial charge on any atom is -0.280 e. The highest BCUT2D eigenvalue weighted by Crippen LogP contribution is 2.35. The third-order valence-corrected chi connectivity index (χ3v) is 7.22. The first-order chi connectivity index (χ1) is 15.2. The molecule has 0 bridgehead atoms. The average molecular weight is 488 g/mol. The van der Waals surface area contributed by atoms with Crippen LogP contribution in [0, 0.1) is 0 Å². The van der Waals surface area contributed by atoms with Crippen LogP contribution in [0.1, 0.15) is 30.5 Å². The van der Waals surface area contributed by atoms with Gasteiger partial charge >= 0.3 is 0 Å². The van der Waals surface area contributed by atoms with E-state index in [-0.39, 0.29) is 16.8 Å². The van der Waals surface area contributed by atoms with Gasteiger partial charge in [0, 0.05) is 19.0 Å². The van der Waals surface area contributed by atoms with Gasteiger partial charge in [-0.15, -0.1) is 0 Å². The number of hydrogen-bond donors (Lipinski definition) is 1. The Hall–Kier alpha value is -2.87. The quantitative estimate of drug-likeness (QED) is 0.516. The Morgan fingerprint density at radius 3 is 2.31 bits per heavy atom. The summed E-state index contributed by atoms with van der Waals surface area (Å²) < 4.78 is 27.6. The van der Waals surface area contributed by atoms with Gasteiger partial charge in [0.1, 0.15) is 0 Å². The summed E-state index contributed by atoms with van der Waals surface area (Å²) in [4.78, 5) is 12.4. The van der Waals surface area contributed by atoms with Crippen LogP contribution in [0.15, 0.2) is 82.8 Å². The summed E-state index contributed by atoms with van der Waals surface area (Å²) in [6.45, 7) is 1.46. The maximum Gasteiger partial charge on any atom is 0.261 e. The van der Waals surface area contributed by atoms with Gasteiger partial charge in [-0.2, -0.15) is 5.10 Å². The molecule has 0 radical (unpaired) electrons. The van der Waals surface area contributed by atoms with Crippen LogP contribution in [0.2, 0.25) is 10.0 Å². The van der Waals surface area contributed by atoms with E-state index < -0.39 is 10.0 Å². The molecule has 164 valence electrons. The van der Waals surface area contributed by atoms with Crippen molar-refractivity contribution in [1.29, 1.82) is 0 Å². The molecular formula is C23H19Cl2N3O3S. The summed E-state index contributed by atoms with van der Waals surface area (Å²) in [5.74, 6) is -0.191. The van der Waals surface area contributed by atoms with E-state index >= 15 is 0 Å². The zero-order chi connectivity index (χ0) is 22.9. The number of carbonyl (C=O) groups is 1. The van der Waals surface area contributed by atoms with Crippen LogP contribution in [0.5, 0.6) is 0 Å². The van der Waals surface area contributed by atoms with Gasteiger partial charge in [0.25, 0.3) is 10.0 Å². The first kappa shape index (κ1) is 22.3. The maximum atomic E-state index is 12.5. The number of rotatable bonds is 5. The second-order valence-electron chi connectivity index (χ2n) is 7.30. The lowest BCUT2D eigenvalue weighted by atomic mass is 9.98. The molecule has 0 aliphatic carbocycles. The number of amides is 1. The zero-order valence-electron chi connectivity index (χ0n) is 17.0. The third kappa shape index (κ3) is 4.65. The van der Waals surface area contributed by atoms with Crippen molar-refractivity contribution >= 4 is 50.5 Å². The molecule has 0 saturated heterocycles. The molecule has 0 aromatic heterocycles. The Kier molecular flexibility index (Phi) is 6.24. The molecule has 1 heterocycles. The van der Waals surface area contributed by atoms with E-state index in [2.05, 4.69) is 9.82 Å². The largest absolute Gasteiger partial charge is 0.280 e. The van der Waals surface area contributed by atoms with Crippen molar-refractivity contribution in [2.24, 2.45) is 5.10 Å². The topological polar surface area (TPSA) is 78.8 Å². The number of carbonyl (C=O) groups excluding carboxylic acids is 1. The summed E-state index contributed by atoms with van der Waals surface area (Å²) in [6.07, 6.45) is 0.493. The molecule has 1 unspecified atom stereocenters. The van der Waals surface area contributed by atoms with E-state index in [1.165, 1.54) is 24.1 Å². The van der Waals surface area contributed by atoms with Gasteiger partial charge < -0.3 is 0 Å². The number of benzene rings is 3. The molecule has 1 atom stereocenters. The summed E-state index contributed by atoms with van der Waals surface area (Å²) in [7, 11) is -3.67. The van der Waals surface area contributed by atoms with Crippen molar-refractivity contribution in [3.63, 3.8) is 0 Å². The second kappa shape index (κ2) is 8.94. The molecule has 0 fully saturated rings. The van der Waals surface area contributed by atoms with Gasteiger partial charge in [-0.3, -0.25) is 9.52 Å². The van der Waals surface area contributed by atoms with Crippen LogP contribution in [0.3, 0.4) is 0 Å². The summed E-state index contributed by atoms with van der Waals surface area (Å²) in [5.41, 5.74) is 2.77. The lowest BCUT2D eigenvalue weighted by Gasteiger charge is -2.20. The molecule has 0 spiro atoms. The molecular weight excluding hydrogens is 469 g/mol. The number of halogens is 2. The van der Waals surface area contributed by atoms with Crippen LogP contribution in [-0.4, -0.2) is 25.0 Å². The number of nitrogens with zero attached hydrogens (tertiary/aromatic N) is 2. The van der Waals surface area contributed by atoms with Crippen molar-refractivity contribution in [1.82, 2.24) is 5.01 Å². The van der Waals surface area contributed by atoms with E-state index in [9.17, 15) is 13.2 Å². The Bertz CT molecular complexity index is 1290. The second-order valence-corrected chi connectivity index (χ2v) is 9.80. The first-order valence-corrected chi connectivity index (χ1v) is 12.0. The number of hydrazone groups is 1. The SMILES string of the molecule is CC(=O)N1N=C(c2ccc(NS(=O)(=O)c3ccccc3)cc2)CC1c1ccc(Cl)c(Cl)c1. The fraction of sp³-hybridized carbons (Fsp3) is 0.130. The van der Waals surface area contributed by atoms with Crippen LogP contribution in [0.25, 0.3) is 0 Å². The molecule has 3 aromatic rings. The standard InChI is InChI=1S/C23H19Cl2N3O3S/c1-15(29)28-23(17-9-12-20(24)21(25)13-17)14-22(26-28)16-7-10-18(11-8-16)27-32(30,31)19-5-3-2-4-6-19/h2-13,23,27H,14H2,1H3. The Morgan fingerprint density at radius 2 is 1.69 bits per heavy atom. The monoisotopic (exact) mass is 487 g/mol. The molecule has 1 aliphatic heterocycles. The van der Waals surface area contributed by atoms with E-state index in [4.69, 9.17) is 23.2 Å². The summed E-state index contributed by atoms with van der Waals surface area (Å²) in [5, 5.41) is 6.79. The predicted molar refractivity (Wildman–Crippen MR) is 127 cm³/mol. The van der Waals surface area contributed by atoms with Crippen molar-refractivity contribution in [3.05, 3.63) is 94.0 Å². The van der Waals surface area contributed by atoms with Crippen LogP contribution in [-0.2, 0) is 14.8 Å². The average Bonchev–Trinajstić information content (AvgIpc) is 3.22. The van der Waals surface area contributed by atoms with Crippen LogP contribution < -0.4 is 4.72 Å². The van der Waals surface area contributed by atoms with Gasteiger partial charge in [0.05, 0.1) is 26.7 Å². The van der Waals surface area contributed by atoms with E-state index in [1.54, 1.807) is 54.6 Å². The van der Waals surface area contributed by atoms with E-state index in [0.717, 1.165) is 11.1 Å². The minimum absolute atomic E-state index is 0.186. The normalized spacial score (nSPS) is 16.0. The molecule has 4 rings (SSSR count). The third-order valence-electron chi connectivity index (χ3n) is 5.09. The van der Waals surface area contributed by atoms with Gasteiger partial charge in [-0.05, 0) is 47.5 Å². The molecule has 6 nitrogen and oxygen atoms in total. The van der Waals surface area contributed by atoms with Gasteiger partial charge in [0.15, 0.2) is 0 Å². The van der Waals surface area contributed by atoms with E-state index in [0.29, 0.717) is 27.9 Å². The maximum absolute atomic E-state index is 12.5. The molecule has 3 aromatic carbocycles. The molecule has 9 heteroatoms. The predicted octanol–water partition coefficient (Wildman–Crippen LogP) is 5.49. The summed E-state index contributed by atoms with van der Waals surface area (Å²) >= 11 is 12.2. The van der Waals surface area contributed by atoms with Crippen LogP contribution >= 0.6 is 23.2 Å². The Labute approximate surface area is 196 Å². The minimum atomic E-state index is -3.67. The fourth-order valence-corrected chi connectivity index (χ4v) is 4.88. The van der Waals surface area contributed by atoms with Crippen LogP contribution in [0.4, 0.5) is 5.69 Å². The number of hydrogen-bond acceptors (Lipinski definition) is 4. The molecule has 32 heavy (non-hydrogen) atoms. The molecule has 1 aliphatic rings. The number of anilines is 1. The van der Waals surface area contributed by atoms with Gasteiger partial charge in [-0.1, -0.05) is 59.6 Å². The van der Waals surface area contributed by atoms with Crippen molar-refractivity contribution in [2.45, 2.75) is 24.3 Å². The van der Waals surface area contributed by atoms with E-state index in [1.807, 2.05) is 6.07 Å². The lowest BCUT2D eigenvalue weighted by Crippen LogP contribution is -2.24. The molecule has 1 amide bonds. The fourth-order valence-electron chi connectivity index (χ4n) is 3.50.